The SMILES string of the molecule is CC(C#N)CN=NCC(C)C#N.O=C(O)OOC(=O)O. The molecule has 0 saturated heterocycles. The molecule has 0 spiro atoms. The summed E-state index contributed by atoms with van der Waals surface area (Å²) in [5.74, 6) is -0.183. The summed E-state index contributed by atoms with van der Waals surface area (Å²) in [6.07, 6.45) is -3.60. The minimum absolute atomic E-state index is 0.0915. The van der Waals surface area contributed by atoms with Crippen LogP contribution in [0.3, 0.4) is 0 Å². The van der Waals surface area contributed by atoms with Gasteiger partial charge in [0.1, 0.15) is 0 Å². The first-order valence-corrected chi connectivity index (χ1v) is 5.26. The Morgan fingerprint density at radius 2 is 1.30 bits per heavy atom. The van der Waals surface area contributed by atoms with Crippen molar-refractivity contribution in [3.63, 3.8) is 0 Å². The zero-order chi connectivity index (χ0) is 16.0. The van der Waals surface area contributed by atoms with Gasteiger partial charge in [-0.3, -0.25) is 0 Å². The Morgan fingerprint density at radius 3 is 1.50 bits per heavy atom. The van der Waals surface area contributed by atoms with Crippen LogP contribution in [0, 0.1) is 34.5 Å². The van der Waals surface area contributed by atoms with Crippen LogP contribution in [0.5, 0.6) is 0 Å². The van der Waals surface area contributed by atoms with E-state index < -0.39 is 12.3 Å². The molecule has 0 bridgehead atoms. The van der Waals surface area contributed by atoms with Crippen molar-refractivity contribution >= 4 is 12.3 Å². The average Bonchev–Trinajstić information content (AvgIpc) is 2.41. The number of rotatable bonds is 4. The summed E-state index contributed by atoms with van der Waals surface area (Å²) in [5.41, 5.74) is 0. The van der Waals surface area contributed by atoms with Gasteiger partial charge >= 0.3 is 12.3 Å². The summed E-state index contributed by atoms with van der Waals surface area (Å²) in [7, 11) is 0. The Bertz CT molecular complexity index is 373. The third kappa shape index (κ3) is 17.5. The van der Waals surface area contributed by atoms with E-state index >= 15 is 0 Å². The van der Waals surface area contributed by atoms with Crippen LogP contribution in [-0.4, -0.2) is 35.6 Å². The van der Waals surface area contributed by atoms with Crippen molar-refractivity contribution in [2.45, 2.75) is 13.8 Å². The first kappa shape index (κ1) is 19.5. The van der Waals surface area contributed by atoms with Gasteiger partial charge < -0.3 is 10.2 Å². The fourth-order valence-electron chi connectivity index (χ4n) is 0.513. The van der Waals surface area contributed by atoms with Gasteiger partial charge in [-0.05, 0) is 13.8 Å². The topological polar surface area (TPSA) is 165 Å². The van der Waals surface area contributed by atoms with Crippen LogP contribution in [0.25, 0.3) is 0 Å². The molecule has 0 heterocycles. The van der Waals surface area contributed by atoms with Gasteiger partial charge in [0.2, 0.25) is 0 Å². The number of carbonyl (C=O) groups is 2. The van der Waals surface area contributed by atoms with E-state index in [0.29, 0.717) is 13.1 Å². The molecule has 0 saturated carbocycles. The third-order valence-electron chi connectivity index (χ3n) is 1.44. The number of hydrogen-bond acceptors (Lipinski definition) is 8. The minimum Gasteiger partial charge on any atom is -0.447 e. The average molecular weight is 286 g/mol. The molecule has 0 aromatic carbocycles. The molecular weight excluding hydrogens is 272 g/mol. The zero-order valence-electron chi connectivity index (χ0n) is 10.9. The molecule has 0 radical (unpaired) electrons. The predicted molar refractivity (Wildman–Crippen MR) is 62.4 cm³/mol. The van der Waals surface area contributed by atoms with E-state index in [1.54, 1.807) is 13.8 Å². The molecule has 2 atom stereocenters. The minimum atomic E-state index is -1.80. The van der Waals surface area contributed by atoms with Crippen molar-refractivity contribution in [3.05, 3.63) is 0 Å². The van der Waals surface area contributed by atoms with Crippen LogP contribution < -0.4 is 0 Å². The van der Waals surface area contributed by atoms with E-state index in [9.17, 15) is 9.59 Å². The van der Waals surface area contributed by atoms with Crippen LogP contribution in [0.15, 0.2) is 10.2 Å². The molecule has 0 aliphatic carbocycles. The summed E-state index contributed by atoms with van der Waals surface area (Å²) in [5, 5.41) is 39.4. The molecule has 0 fully saturated rings. The second-order valence-electron chi connectivity index (χ2n) is 3.41. The van der Waals surface area contributed by atoms with Crippen molar-refractivity contribution in [3.8, 4) is 12.1 Å². The summed E-state index contributed by atoms with van der Waals surface area (Å²) >= 11 is 0. The van der Waals surface area contributed by atoms with Crippen LogP contribution >= 0.6 is 0 Å². The molecule has 110 valence electrons. The Hall–Kier alpha value is -2.88. The standard InChI is InChI=1S/C8H12N4.C2H2O6/c1-7(3-9)5-11-12-6-8(2)4-10;3-1(4)7-8-2(5)6/h7-8H,5-6H2,1-2H3;(H,3,4)(H,5,6). The van der Waals surface area contributed by atoms with Crippen LogP contribution in [0.1, 0.15) is 13.8 Å². The quantitative estimate of drug-likeness (QED) is 0.449. The number of hydrogen-bond donors (Lipinski definition) is 2. The lowest BCUT2D eigenvalue weighted by atomic mass is 10.2. The molecular formula is C10H14N4O6. The van der Waals surface area contributed by atoms with Crippen LogP contribution in [-0.2, 0) is 9.78 Å². The lowest BCUT2D eigenvalue weighted by molar-refractivity contribution is -0.208. The molecule has 0 aromatic heterocycles. The van der Waals surface area contributed by atoms with Gasteiger partial charge in [0.25, 0.3) is 0 Å². The monoisotopic (exact) mass is 286 g/mol. The van der Waals surface area contributed by atoms with Gasteiger partial charge in [0, 0.05) is 0 Å². The summed E-state index contributed by atoms with van der Waals surface area (Å²) in [6, 6.07) is 4.10. The van der Waals surface area contributed by atoms with Crippen molar-refractivity contribution in [2.75, 3.05) is 13.1 Å². The number of carboxylic acid groups (broad SMARTS) is 2. The van der Waals surface area contributed by atoms with Gasteiger partial charge in [-0.1, -0.05) is 0 Å². The summed E-state index contributed by atoms with van der Waals surface area (Å²) in [4.78, 5) is 24.8. The second kappa shape index (κ2) is 12.6. The number of azo groups is 1. The van der Waals surface area contributed by atoms with Crippen LogP contribution in [0.2, 0.25) is 0 Å². The van der Waals surface area contributed by atoms with Gasteiger partial charge in [-0.15, -0.1) is 0 Å². The Morgan fingerprint density at radius 1 is 1.00 bits per heavy atom. The molecule has 20 heavy (non-hydrogen) atoms. The number of nitrogens with zero attached hydrogens (tertiary/aromatic N) is 4. The highest BCUT2D eigenvalue weighted by atomic mass is 17.2. The Balaban J connectivity index is 0. The van der Waals surface area contributed by atoms with Crippen molar-refractivity contribution in [1.29, 1.82) is 10.5 Å². The molecule has 0 aliphatic heterocycles. The maximum Gasteiger partial charge on any atom is 0.547 e. The normalized spacial score (nSPS) is 12.0. The van der Waals surface area contributed by atoms with Gasteiger partial charge in [0.15, 0.2) is 0 Å². The van der Waals surface area contributed by atoms with Gasteiger partial charge in [-0.2, -0.15) is 20.8 Å². The fourth-order valence-corrected chi connectivity index (χ4v) is 0.513. The highest BCUT2D eigenvalue weighted by Crippen LogP contribution is 1.96. The smallest absolute Gasteiger partial charge is 0.447 e. The van der Waals surface area contributed by atoms with E-state index in [-0.39, 0.29) is 11.8 Å². The first-order chi connectivity index (χ1) is 9.33. The highest BCUT2D eigenvalue weighted by Gasteiger charge is 2.01. The lowest BCUT2D eigenvalue weighted by Crippen LogP contribution is -2.05. The maximum absolute atomic E-state index is 9.29. The van der Waals surface area contributed by atoms with Crippen molar-refractivity contribution < 1.29 is 29.6 Å². The van der Waals surface area contributed by atoms with Crippen molar-refractivity contribution in [2.24, 2.45) is 22.1 Å². The van der Waals surface area contributed by atoms with E-state index in [2.05, 4.69) is 20.0 Å². The summed E-state index contributed by atoms with van der Waals surface area (Å²) < 4.78 is 0. The highest BCUT2D eigenvalue weighted by molar-refractivity contribution is 5.60. The van der Waals surface area contributed by atoms with E-state index in [1.165, 1.54) is 0 Å². The Labute approximate surface area is 114 Å². The molecule has 10 nitrogen and oxygen atoms in total. The summed E-state index contributed by atoms with van der Waals surface area (Å²) in [6.45, 7) is 4.42. The predicted octanol–water partition coefficient (Wildman–Crippen LogP) is 2.05. The molecule has 0 rings (SSSR count). The molecule has 10 heteroatoms. The Kier molecular flexibility index (Phi) is 12.2. The molecule has 2 N–H and O–H groups in total. The number of nitriles is 2. The molecule has 0 aromatic rings. The van der Waals surface area contributed by atoms with Gasteiger partial charge in [0.05, 0.1) is 37.1 Å². The molecule has 0 aliphatic rings. The van der Waals surface area contributed by atoms with E-state index in [4.69, 9.17) is 20.7 Å². The fraction of sp³-hybridized carbons (Fsp3) is 0.600. The molecule has 0 amide bonds. The van der Waals surface area contributed by atoms with Crippen LogP contribution in [0.4, 0.5) is 9.59 Å². The lowest BCUT2D eigenvalue weighted by Gasteiger charge is -1.95. The largest absolute Gasteiger partial charge is 0.547 e. The third-order valence-corrected chi connectivity index (χ3v) is 1.44. The first-order valence-electron chi connectivity index (χ1n) is 5.26. The second-order valence-corrected chi connectivity index (χ2v) is 3.41. The zero-order valence-corrected chi connectivity index (χ0v) is 10.9. The van der Waals surface area contributed by atoms with E-state index in [0.717, 1.165) is 0 Å². The van der Waals surface area contributed by atoms with E-state index in [1.807, 2.05) is 12.1 Å². The van der Waals surface area contributed by atoms with Gasteiger partial charge in [-0.25, -0.2) is 19.4 Å². The maximum atomic E-state index is 9.29. The van der Waals surface area contributed by atoms with Crippen molar-refractivity contribution in [1.82, 2.24) is 0 Å². The molecule has 2 unspecified atom stereocenters.